The zero-order valence-corrected chi connectivity index (χ0v) is 11.7. The molecule has 0 spiro atoms. The molecule has 1 N–H and O–H groups in total. The van der Waals surface area contributed by atoms with Crippen LogP contribution in [0.15, 0.2) is 24.3 Å². The number of para-hydroxylation sites is 2. The number of benzene rings is 1. The van der Waals surface area contributed by atoms with Gasteiger partial charge < -0.3 is 15.1 Å². The molecule has 1 saturated heterocycles. The average molecular weight is 247 g/mol. The van der Waals surface area contributed by atoms with E-state index < -0.39 is 0 Å². The predicted octanol–water partition coefficient (Wildman–Crippen LogP) is 2.65. The molecule has 0 aliphatic carbocycles. The highest BCUT2D eigenvalue weighted by molar-refractivity contribution is 5.69. The van der Waals surface area contributed by atoms with Crippen molar-refractivity contribution in [1.82, 2.24) is 4.90 Å². The van der Waals surface area contributed by atoms with Crippen LogP contribution in [0.1, 0.15) is 19.3 Å². The van der Waals surface area contributed by atoms with Gasteiger partial charge >= 0.3 is 0 Å². The molecule has 0 bridgehead atoms. The number of anilines is 2. The molecule has 100 valence electrons. The highest BCUT2D eigenvalue weighted by atomic mass is 15.1. The van der Waals surface area contributed by atoms with Crippen LogP contribution in [0.2, 0.25) is 0 Å². The van der Waals surface area contributed by atoms with Crippen LogP contribution in [-0.2, 0) is 0 Å². The van der Waals surface area contributed by atoms with Crippen LogP contribution < -0.4 is 10.2 Å². The van der Waals surface area contributed by atoms with Crippen LogP contribution in [0.25, 0.3) is 0 Å². The van der Waals surface area contributed by atoms with E-state index in [2.05, 4.69) is 53.5 Å². The number of hydrogen-bond acceptors (Lipinski definition) is 3. The van der Waals surface area contributed by atoms with Gasteiger partial charge in [0.15, 0.2) is 0 Å². The Morgan fingerprint density at radius 3 is 2.61 bits per heavy atom. The van der Waals surface area contributed by atoms with E-state index in [1.807, 2.05) is 0 Å². The molecule has 1 aliphatic heterocycles. The topological polar surface area (TPSA) is 18.5 Å². The molecule has 1 aliphatic rings. The van der Waals surface area contributed by atoms with Crippen molar-refractivity contribution in [2.24, 2.45) is 0 Å². The van der Waals surface area contributed by atoms with Gasteiger partial charge in [0.25, 0.3) is 0 Å². The van der Waals surface area contributed by atoms with Crippen LogP contribution in [0.5, 0.6) is 0 Å². The zero-order chi connectivity index (χ0) is 12.8. The fourth-order valence-electron chi connectivity index (χ4n) is 2.55. The van der Waals surface area contributed by atoms with E-state index in [1.54, 1.807) is 0 Å². The molecular weight excluding hydrogens is 222 g/mol. The van der Waals surface area contributed by atoms with E-state index in [9.17, 15) is 0 Å². The van der Waals surface area contributed by atoms with Crippen LogP contribution in [0, 0.1) is 0 Å². The summed E-state index contributed by atoms with van der Waals surface area (Å²) in [6.45, 7) is 4.89. The zero-order valence-electron chi connectivity index (χ0n) is 11.7. The largest absolute Gasteiger partial charge is 0.383 e. The third-order valence-corrected chi connectivity index (χ3v) is 3.55. The van der Waals surface area contributed by atoms with Crippen molar-refractivity contribution in [3.63, 3.8) is 0 Å². The fraction of sp³-hybridized carbons (Fsp3) is 0.600. The lowest BCUT2D eigenvalue weighted by molar-refractivity contribution is 0.337. The Kier molecular flexibility index (Phi) is 4.88. The van der Waals surface area contributed by atoms with Gasteiger partial charge in [-0.05, 0) is 51.0 Å². The Hall–Kier alpha value is -1.22. The van der Waals surface area contributed by atoms with Crippen molar-refractivity contribution in [3.05, 3.63) is 24.3 Å². The Bertz CT molecular complexity index is 357. The molecule has 0 saturated carbocycles. The summed E-state index contributed by atoms with van der Waals surface area (Å²) < 4.78 is 0. The smallest absolute Gasteiger partial charge is 0.0596 e. The van der Waals surface area contributed by atoms with E-state index in [0.717, 1.165) is 6.54 Å². The predicted molar refractivity (Wildman–Crippen MR) is 79.5 cm³/mol. The lowest BCUT2D eigenvalue weighted by atomic mass is 10.2. The lowest BCUT2D eigenvalue weighted by Crippen LogP contribution is -2.22. The van der Waals surface area contributed by atoms with Crippen LogP contribution >= 0.6 is 0 Å². The van der Waals surface area contributed by atoms with E-state index in [-0.39, 0.29) is 0 Å². The number of nitrogens with zero attached hydrogens (tertiary/aromatic N) is 2. The molecule has 18 heavy (non-hydrogen) atoms. The monoisotopic (exact) mass is 247 g/mol. The minimum atomic E-state index is 1.06. The SMILES string of the molecule is CN(C)c1ccccc1NCCCN1CCCC1. The first-order chi connectivity index (χ1) is 8.77. The Balaban J connectivity index is 1.75. The minimum absolute atomic E-state index is 1.06. The summed E-state index contributed by atoms with van der Waals surface area (Å²) in [5.74, 6) is 0. The van der Waals surface area contributed by atoms with E-state index in [4.69, 9.17) is 0 Å². The van der Waals surface area contributed by atoms with Crippen molar-refractivity contribution in [2.45, 2.75) is 19.3 Å². The summed E-state index contributed by atoms with van der Waals surface area (Å²) in [6, 6.07) is 8.49. The first-order valence-corrected chi connectivity index (χ1v) is 7.00. The molecule has 0 atom stereocenters. The molecule has 1 aromatic rings. The molecule has 1 heterocycles. The second kappa shape index (κ2) is 6.64. The molecule has 1 fully saturated rings. The molecule has 0 radical (unpaired) electrons. The number of rotatable bonds is 6. The molecule has 0 unspecified atom stereocenters. The van der Waals surface area contributed by atoms with Crippen molar-refractivity contribution in [3.8, 4) is 0 Å². The maximum Gasteiger partial charge on any atom is 0.0596 e. The van der Waals surface area contributed by atoms with Gasteiger partial charge in [-0.3, -0.25) is 0 Å². The molecule has 3 heteroatoms. The van der Waals surface area contributed by atoms with Crippen molar-refractivity contribution < 1.29 is 0 Å². The summed E-state index contributed by atoms with van der Waals surface area (Å²) in [7, 11) is 4.18. The van der Waals surface area contributed by atoms with Crippen molar-refractivity contribution in [1.29, 1.82) is 0 Å². The Labute approximate surface area is 111 Å². The van der Waals surface area contributed by atoms with Gasteiger partial charge in [-0.1, -0.05) is 12.1 Å². The first kappa shape index (κ1) is 13.2. The molecule has 3 nitrogen and oxygen atoms in total. The third kappa shape index (κ3) is 3.64. The minimum Gasteiger partial charge on any atom is -0.383 e. The summed E-state index contributed by atoms with van der Waals surface area (Å²) in [6.07, 6.45) is 4.00. The average Bonchev–Trinajstić information content (AvgIpc) is 2.88. The van der Waals surface area contributed by atoms with E-state index in [0.29, 0.717) is 0 Å². The Morgan fingerprint density at radius 2 is 1.89 bits per heavy atom. The molecule has 1 aromatic carbocycles. The molecule has 0 amide bonds. The number of hydrogen-bond donors (Lipinski definition) is 1. The van der Waals surface area contributed by atoms with Crippen molar-refractivity contribution in [2.75, 3.05) is 50.5 Å². The second-order valence-corrected chi connectivity index (χ2v) is 5.24. The van der Waals surface area contributed by atoms with Crippen molar-refractivity contribution >= 4 is 11.4 Å². The van der Waals surface area contributed by atoms with Gasteiger partial charge in [0, 0.05) is 20.6 Å². The van der Waals surface area contributed by atoms with E-state index in [1.165, 1.54) is 50.3 Å². The highest BCUT2D eigenvalue weighted by Gasteiger charge is 2.10. The maximum atomic E-state index is 3.55. The van der Waals surface area contributed by atoms with Gasteiger partial charge in [0.1, 0.15) is 0 Å². The van der Waals surface area contributed by atoms with Gasteiger partial charge in [0.05, 0.1) is 11.4 Å². The fourth-order valence-corrected chi connectivity index (χ4v) is 2.55. The van der Waals surface area contributed by atoms with Gasteiger partial charge in [-0.2, -0.15) is 0 Å². The van der Waals surface area contributed by atoms with Crippen LogP contribution in [0.4, 0.5) is 11.4 Å². The quantitative estimate of drug-likeness (QED) is 0.780. The van der Waals surface area contributed by atoms with Crippen LogP contribution in [0.3, 0.4) is 0 Å². The normalized spacial score (nSPS) is 15.9. The lowest BCUT2D eigenvalue weighted by Gasteiger charge is -2.19. The summed E-state index contributed by atoms with van der Waals surface area (Å²) in [5.41, 5.74) is 2.50. The maximum absolute atomic E-state index is 3.55. The number of nitrogens with one attached hydrogen (secondary N) is 1. The Morgan fingerprint density at radius 1 is 1.17 bits per heavy atom. The first-order valence-electron chi connectivity index (χ1n) is 7.00. The molecular formula is C15H25N3. The highest BCUT2D eigenvalue weighted by Crippen LogP contribution is 2.23. The summed E-state index contributed by atoms with van der Waals surface area (Å²) in [4.78, 5) is 4.72. The number of likely N-dealkylation sites (tertiary alicyclic amines) is 1. The second-order valence-electron chi connectivity index (χ2n) is 5.24. The van der Waals surface area contributed by atoms with Gasteiger partial charge in [-0.25, -0.2) is 0 Å². The van der Waals surface area contributed by atoms with Gasteiger partial charge in [0.2, 0.25) is 0 Å². The summed E-state index contributed by atoms with van der Waals surface area (Å²) >= 11 is 0. The van der Waals surface area contributed by atoms with Gasteiger partial charge in [-0.15, -0.1) is 0 Å². The summed E-state index contributed by atoms with van der Waals surface area (Å²) in [5, 5.41) is 3.55. The molecule has 2 rings (SSSR count). The standard InChI is InChI=1S/C15H25N3/c1-17(2)15-9-4-3-8-14(15)16-10-7-13-18-11-5-6-12-18/h3-4,8-9,16H,5-7,10-13H2,1-2H3. The molecule has 0 aromatic heterocycles. The van der Waals surface area contributed by atoms with E-state index >= 15 is 0 Å². The van der Waals surface area contributed by atoms with Crippen LogP contribution in [-0.4, -0.2) is 45.2 Å². The third-order valence-electron chi connectivity index (χ3n) is 3.55.